The van der Waals surface area contributed by atoms with Crippen LogP contribution in [0.4, 0.5) is 68.2 Å². The summed E-state index contributed by atoms with van der Waals surface area (Å²) in [6, 6.07) is 149. The first-order valence-electron chi connectivity index (χ1n) is 40.2. The summed E-state index contributed by atoms with van der Waals surface area (Å²) in [5.74, 6) is 0. The van der Waals surface area contributed by atoms with Gasteiger partial charge < -0.3 is 19.6 Å². The molecule has 0 bridgehead atoms. The molecule has 0 aromatic heterocycles. The molecule has 0 radical (unpaired) electrons. The van der Waals surface area contributed by atoms with Crippen LogP contribution in [0.5, 0.6) is 0 Å². The lowest BCUT2D eigenvalue weighted by Crippen LogP contribution is -2.28. The zero-order valence-electron chi connectivity index (χ0n) is 63.0. The number of fused-ring (bicyclic) bond motifs is 10. The lowest BCUT2D eigenvalue weighted by molar-refractivity contribution is 0.353. The lowest BCUT2D eigenvalue weighted by atomic mass is 9.68. The molecular formula is C108H86N4. The first kappa shape index (κ1) is 68.0. The summed E-state index contributed by atoms with van der Waals surface area (Å²) in [6.45, 7) is 0. The summed E-state index contributed by atoms with van der Waals surface area (Å²) in [4.78, 5) is 9.59. The Kier molecular flexibility index (Phi) is 17.8. The Morgan fingerprint density at radius 2 is 0.321 bits per heavy atom. The summed E-state index contributed by atoms with van der Waals surface area (Å²) in [5.41, 5.74) is 37.0. The van der Waals surface area contributed by atoms with Crippen molar-refractivity contribution in [2.75, 3.05) is 19.6 Å². The molecular weight excluding hydrogens is 1350 g/mol. The van der Waals surface area contributed by atoms with Gasteiger partial charge in [0.25, 0.3) is 0 Å². The van der Waals surface area contributed by atoms with Crippen molar-refractivity contribution in [2.45, 2.75) is 75.0 Å². The molecule has 2 fully saturated rings. The minimum absolute atomic E-state index is 0.0212. The van der Waals surface area contributed by atoms with E-state index in [0.717, 1.165) is 56.9 Å². The predicted octanol–water partition coefficient (Wildman–Crippen LogP) is 30.4. The lowest BCUT2D eigenvalue weighted by Gasteiger charge is -2.36. The van der Waals surface area contributed by atoms with Gasteiger partial charge in [0.2, 0.25) is 0 Å². The quantitative estimate of drug-likeness (QED) is 0.0901. The average Bonchev–Trinajstić information content (AvgIpc) is 1.56. The molecule has 0 unspecified atom stereocenters. The molecule has 2 spiro atoms. The molecule has 538 valence electrons. The Morgan fingerprint density at radius 3 is 0.562 bits per heavy atom. The average molecular weight is 1440 g/mol. The Hall–Kier alpha value is -13.3. The van der Waals surface area contributed by atoms with Gasteiger partial charge >= 0.3 is 0 Å². The number of hydrogen-bond donors (Lipinski definition) is 0. The van der Waals surface area contributed by atoms with Gasteiger partial charge in [0.1, 0.15) is 0 Å². The molecule has 0 atom stereocenters. The van der Waals surface area contributed by atoms with Crippen molar-refractivity contribution in [3.8, 4) is 77.9 Å². The van der Waals surface area contributed by atoms with E-state index in [4.69, 9.17) is 0 Å². The second kappa shape index (κ2) is 29.3. The summed E-state index contributed by atoms with van der Waals surface area (Å²) in [6.07, 6.45) is 12.3. The van der Waals surface area contributed by atoms with Gasteiger partial charge in [0, 0.05) is 79.1 Å². The van der Waals surface area contributed by atoms with Crippen LogP contribution in [0.25, 0.3) is 77.9 Å². The van der Waals surface area contributed by atoms with Crippen molar-refractivity contribution in [1.29, 1.82) is 0 Å². The van der Waals surface area contributed by atoms with Crippen LogP contribution in [-0.2, 0) is 10.8 Å². The number of anilines is 12. The van der Waals surface area contributed by atoms with E-state index in [1.54, 1.807) is 0 Å². The van der Waals surface area contributed by atoms with E-state index >= 15 is 0 Å². The van der Waals surface area contributed by atoms with Crippen LogP contribution in [0.15, 0.2) is 400 Å². The molecule has 16 aromatic rings. The molecule has 0 saturated heterocycles. The normalized spacial score (nSPS) is 14.0. The van der Waals surface area contributed by atoms with Crippen molar-refractivity contribution in [2.24, 2.45) is 0 Å². The Balaban J connectivity index is 0.605. The largest absolute Gasteiger partial charge is 0.311 e. The molecule has 4 heteroatoms. The number of para-hydroxylation sites is 4. The molecule has 4 aliphatic carbocycles. The molecule has 16 aromatic carbocycles. The van der Waals surface area contributed by atoms with Gasteiger partial charge in [-0.05, 0) is 271 Å². The SMILES string of the molecule is c1ccc(N(c2ccccc2)c2ccc(-c3ccc(-c4ccc(N(c5ccc(-c6ccc(N(c7ccc(-c8ccc(-c9ccc(N(c%10ccccc%10)c%10ccccc%10)cc9)cc8)cc7)c7ccc8c(c7)C7(CCCCC7)c7ccccc7-8)cc6)cc5)c5ccc6c(c5)C5(CCCCC5)c5ccccc5-6)cc4)cc3)cc2)cc1. The maximum absolute atomic E-state index is 2.55. The van der Waals surface area contributed by atoms with E-state index in [0.29, 0.717) is 0 Å². The maximum Gasteiger partial charge on any atom is 0.0465 e. The second-order valence-corrected chi connectivity index (χ2v) is 31.0. The Labute approximate surface area is 659 Å². The molecule has 0 amide bonds. The Morgan fingerprint density at radius 1 is 0.143 bits per heavy atom. The fourth-order valence-corrected chi connectivity index (χ4v) is 19.2. The third-order valence-corrected chi connectivity index (χ3v) is 24.7. The minimum Gasteiger partial charge on any atom is -0.311 e. The summed E-state index contributed by atoms with van der Waals surface area (Å²) >= 11 is 0. The fraction of sp³-hybridized carbons (Fsp3) is 0.111. The van der Waals surface area contributed by atoms with Crippen LogP contribution in [0, 0.1) is 0 Å². The molecule has 0 aliphatic heterocycles. The van der Waals surface area contributed by atoms with E-state index in [9.17, 15) is 0 Å². The molecule has 20 rings (SSSR count). The standard InChI is InChI=1S/C108H86N4/c1-7-23-87(24-8-1)109(88-25-9-2-10-26-88)91-55-43-81(44-56-91)77-35-39-79(40-36-77)83-47-59-93(60-48-83)111(97-67-69-101-99-31-15-17-33-103(99)107(105(101)75-97)71-19-5-20-72-107)95-63-51-85(52-64-95)86-53-65-96(66-54-86)112(98-68-70-102-100-32-16-18-34-104(100)108(106(102)76-98)73-21-6-22-74-108)94-61-49-84(50-62-94)80-41-37-78(38-42-80)82-45-57-92(58-46-82)110(89-27-11-3-12-28-89)90-29-13-4-14-30-90/h1-4,7-18,23-70,75-76H,5-6,19-22,71-74H2. The van der Waals surface area contributed by atoms with Crippen LogP contribution in [0.3, 0.4) is 0 Å². The zero-order chi connectivity index (χ0) is 74.4. The predicted molar refractivity (Wildman–Crippen MR) is 471 cm³/mol. The molecule has 0 N–H and O–H groups in total. The highest BCUT2D eigenvalue weighted by molar-refractivity contribution is 5.91. The van der Waals surface area contributed by atoms with Gasteiger partial charge in [0.05, 0.1) is 0 Å². The van der Waals surface area contributed by atoms with Gasteiger partial charge in [-0.25, -0.2) is 0 Å². The number of rotatable bonds is 17. The van der Waals surface area contributed by atoms with Crippen LogP contribution in [0.1, 0.15) is 86.5 Å². The number of nitrogens with zero attached hydrogens (tertiary/aromatic N) is 4. The summed E-state index contributed by atoms with van der Waals surface area (Å²) in [7, 11) is 0. The highest BCUT2D eigenvalue weighted by atomic mass is 15.2. The van der Waals surface area contributed by atoms with E-state index in [2.05, 4.69) is 420 Å². The van der Waals surface area contributed by atoms with Gasteiger partial charge in [-0.2, -0.15) is 0 Å². The highest BCUT2D eigenvalue weighted by Gasteiger charge is 2.45. The van der Waals surface area contributed by atoms with Gasteiger partial charge in [-0.15, -0.1) is 0 Å². The van der Waals surface area contributed by atoms with Gasteiger partial charge in [-0.1, -0.05) is 293 Å². The minimum atomic E-state index is 0.0212. The zero-order valence-corrected chi connectivity index (χ0v) is 63.0. The first-order chi connectivity index (χ1) is 55.5. The summed E-state index contributed by atoms with van der Waals surface area (Å²) in [5, 5.41) is 0. The van der Waals surface area contributed by atoms with Crippen LogP contribution >= 0.6 is 0 Å². The summed E-state index contributed by atoms with van der Waals surface area (Å²) < 4.78 is 0. The van der Waals surface area contributed by atoms with Crippen LogP contribution < -0.4 is 19.6 Å². The second-order valence-electron chi connectivity index (χ2n) is 31.0. The van der Waals surface area contributed by atoms with E-state index in [-0.39, 0.29) is 10.8 Å². The molecule has 0 heterocycles. The van der Waals surface area contributed by atoms with Crippen LogP contribution in [0.2, 0.25) is 0 Å². The monoisotopic (exact) mass is 1440 g/mol. The fourth-order valence-electron chi connectivity index (χ4n) is 19.2. The highest BCUT2D eigenvalue weighted by Crippen LogP contribution is 2.59. The molecule has 112 heavy (non-hydrogen) atoms. The van der Waals surface area contributed by atoms with Gasteiger partial charge in [0.15, 0.2) is 0 Å². The molecule has 2 saturated carbocycles. The topological polar surface area (TPSA) is 13.0 Å². The molecule has 4 nitrogen and oxygen atoms in total. The van der Waals surface area contributed by atoms with E-state index in [1.807, 2.05) is 0 Å². The third kappa shape index (κ3) is 12.5. The maximum atomic E-state index is 2.55. The molecule has 4 aliphatic rings. The smallest absolute Gasteiger partial charge is 0.0465 e. The Bertz CT molecular complexity index is 5540. The van der Waals surface area contributed by atoms with Crippen molar-refractivity contribution in [1.82, 2.24) is 0 Å². The van der Waals surface area contributed by atoms with Crippen molar-refractivity contribution in [3.63, 3.8) is 0 Å². The third-order valence-electron chi connectivity index (χ3n) is 24.7. The van der Waals surface area contributed by atoms with E-state index < -0.39 is 0 Å². The van der Waals surface area contributed by atoms with E-state index in [1.165, 1.54) is 176 Å². The first-order valence-corrected chi connectivity index (χ1v) is 40.2. The number of hydrogen-bond acceptors (Lipinski definition) is 4. The van der Waals surface area contributed by atoms with Crippen molar-refractivity contribution in [3.05, 3.63) is 423 Å². The van der Waals surface area contributed by atoms with Crippen molar-refractivity contribution >= 4 is 68.2 Å². The number of benzene rings is 16. The van der Waals surface area contributed by atoms with Crippen molar-refractivity contribution < 1.29 is 0 Å². The van der Waals surface area contributed by atoms with Gasteiger partial charge in [-0.3, -0.25) is 0 Å². The van der Waals surface area contributed by atoms with Crippen LogP contribution in [-0.4, -0.2) is 0 Å².